The molecule has 78 heavy (non-hydrogen) atoms. The van der Waals surface area contributed by atoms with Crippen molar-refractivity contribution in [1.29, 1.82) is 10.5 Å². The molecular formula is C40H20Co2N20Na2O12S2-2. The first kappa shape index (κ1) is 67.1. The minimum absolute atomic E-state index is 0. The van der Waals surface area contributed by atoms with E-state index in [0.717, 1.165) is 59.4 Å². The second-order valence-electron chi connectivity index (χ2n) is 12.8. The number of thiazole rings is 2. The Morgan fingerprint density at radius 3 is 1.41 bits per heavy atom. The standard InChI is InChI=1S/2C11H5N6O2.2C9H6N4O4S.2Co.2Na/c1-12-9-10(13-2)15-11(14-9)17-16-7-4-3-6(18)5-8(7)19;12-4-8-9(5-13)15-11(14-8)17-16-7-2-1-6(18)3-10(7)19;2*14-5-1-2-6(7(15)3-5)11-12-9-10-4-8(18-9)13(16)17;;;;/h3-5H,(H2-,14,15,16,17,18,19);1-3H,(H2-,14,15,16,17,18,19);2*1-4H,(H2,10,12,14,15);;;;/q2*-1;;;;;2*+1/p-2. The molecule has 0 aliphatic heterocycles. The first-order chi connectivity index (χ1) is 35.4. The fraction of sp³-hybridized carbons (Fsp3) is 0. The number of hydrogen-bond donors (Lipinski definition) is 6. The molecule has 0 unspecified atom stereocenters. The van der Waals surface area contributed by atoms with Crippen molar-refractivity contribution in [2.75, 3.05) is 0 Å². The van der Waals surface area contributed by atoms with Gasteiger partial charge in [-0.2, -0.15) is 10.5 Å². The fourth-order valence-corrected chi connectivity index (χ4v) is 5.68. The number of aliphatic hydroxyl groups excluding tert-OH is 2. The van der Waals surface area contributed by atoms with Crippen LogP contribution in [0.15, 0.2) is 138 Å². The first-order valence-corrected chi connectivity index (χ1v) is 20.6. The van der Waals surface area contributed by atoms with Crippen molar-refractivity contribution in [2.24, 2.45) is 40.9 Å². The molecule has 0 spiro atoms. The average molecular weight is 1200 g/mol. The zero-order chi connectivity index (χ0) is 53.9. The number of nitriles is 2. The number of allylic oxidation sites excluding steroid dienone is 6. The Bertz CT molecular complexity index is 3500. The van der Waals surface area contributed by atoms with Gasteiger partial charge in [-0.1, -0.05) is 29.2 Å². The Balaban J connectivity index is 0.000000511. The van der Waals surface area contributed by atoms with Crippen molar-refractivity contribution in [3.63, 3.8) is 0 Å². The Labute approximate surface area is 506 Å². The molecule has 0 amide bonds. The van der Waals surface area contributed by atoms with Gasteiger partial charge >= 0.3 is 69.1 Å². The summed E-state index contributed by atoms with van der Waals surface area (Å²) < 4.78 is 0. The van der Waals surface area contributed by atoms with Gasteiger partial charge in [0.05, 0.1) is 27.1 Å². The van der Waals surface area contributed by atoms with E-state index < -0.39 is 9.85 Å². The molecule has 2 aliphatic rings. The SMILES string of the molecule is N#Cc1nc(N=Nc2ccc(O)cc2O)[n-]c1C#N.O=C1C=C/C(=N\N=c2/[n-]cc([N+](=O)[O-])s2)C(O)=C1.O=C1C=C/C(=N\N=c2/[n-]cc([N+](=O)[O-])s2)C(O)=C1.[C-]#[N+]c1nc(N=Nc2ccc(O)cc2O)[n-]c1[N+]#[C-].[Co].[Co].[Na+].[Na+]. The molecule has 2 aliphatic carbocycles. The van der Waals surface area contributed by atoms with Crippen LogP contribution >= 0.6 is 22.7 Å². The molecule has 2 aromatic carbocycles. The van der Waals surface area contributed by atoms with Gasteiger partial charge < -0.3 is 70.5 Å². The van der Waals surface area contributed by atoms with Crippen molar-refractivity contribution >= 4 is 90.6 Å². The van der Waals surface area contributed by atoms with Crippen molar-refractivity contribution < 1.29 is 143 Å². The number of carbonyl (C=O) groups excluding carboxylic acids is 2. The van der Waals surface area contributed by atoms with Crippen molar-refractivity contribution in [1.82, 2.24) is 29.9 Å². The van der Waals surface area contributed by atoms with E-state index in [-0.39, 0.29) is 216 Å². The predicted molar refractivity (Wildman–Crippen MR) is 249 cm³/mol. The number of phenols is 4. The largest absolute Gasteiger partial charge is 1.00 e. The molecule has 386 valence electrons. The van der Waals surface area contributed by atoms with Crippen molar-refractivity contribution in [3.8, 4) is 35.1 Å². The number of ketones is 2. The number of nitro groups is 2. The summed E-state index contributed by atoms with van der Waals surface area (Å²) in [4.78, 5) is 69.7. The number of hydrogen-bond acceptors (Lipinski definition) is 26. The molecular weight excluding hydrogens is 1180 g/mol. The number of imidazole rings is 2. The van der Waals surface area contributed by atoms with E-state index in [4.69, 9.17) is 33.9 Å². The van der Waals surface area contributed by atoms with Crippen LogP contribution in [0.25, 0.3) is 9.69 Å². The maximum Gasteiger partial charge on any atom is 1.00 e. The topological polar surface area (TPSA) is 479 Å². The minimum atomic E-state index is -0.583. The Morgan fingerprint density at radius 2 is 1.08 bits per heavy atom. The van der Waals surface area contributed by atoms with E-state index in [1.807, 2.05) is 0 Å². The fourth-order valence-electron chi connectivity index (χ4n) is 4.57. The summed E-state index contributed by atoms with van der Waals surface area (Å²) in [6.07, 6.45) is 9.17. The van der Waals surface area contributed by atoms with E-state index in [9.17, 15) is 50.2 Å². The van der Waals surface area contributed by atoms with Crippen LogP contribution in [0.3, 0.4) is 0 Å². The van der Waals surface area contributed by atoms with E-state index >= 15 is 0 Å². The zero-order valence-corrected chi connectivity index (χ0v) is 46.4. The second kappa shape index (κ2) is 32.5. The summed E-state index contributed by atoms with van der Waals surface area (Å²) in [7, 11) is 0. The quantitative estimate of drug-likeness (QED) is 0.0279. The Kier molecular flexibility index (Phi) is 28.0. The second-order valence-corrected chi connectivity index (χ2v) is 14.7. The molecule has 4 aromatic heterocycles. The molecule has 4 heterocycles. The molecule has 2 radical (unpaired) electrons. The summed E-state index contributed by atoms with van der Waals surface area (Å²) in [5, 5.41) is 123. The number of rotatable bonds is 8. The monoisotopic (exact) mass is 1200 g/mol. The van der Waals surface area contributed by atoms with Crippen LogP contribution in [0.4, 0.5) is 44.9 Å². The van der Waals surface area contributed by atoms with Gasteiger partial charge in [0.25, 0.3) is 0 Å². The molecule has 6 aromatic rings. The molecule has 32 nitrogen and oxygen atoms in total. The van der Waals surface area contributed by atoms with Crippen LogP contribution in [0.2, 0.25) is 0 Å². The van der Waals surface area contributed by atoms with Crippen LogP contribution in [0.1, 0.15) is 11.4 Å². The van der Waals surface area contributed by atoms with Crippen molar-refractivity contribution in [2.45, 2.75) is 0 Å². The average Bonchev–Trinajstić information content (AvgIpc) is 4.21. The van der Waals surface area contributed by atoms with Gasteiger partial charge in [0, 0.05) is 85.8 Å². The third-order valence-electron chi connectivity index (χ3n) is 7.80. The van der Waals surface area contributed by atoms with E-state index in [1.165, 1.54) is 48.6 Å². The summed E-state index contributed by atoms with van der Waals surface area (Å²) in [5.41, 5.74) is 0.119. The van der Waals surface area contributed by atoms with E-state index in [0.29, 0.717) is 0 Å². The van der Waals surface area contributed by atoms with Gasteiger partial charge in [-0.05, 0) is 48.6 Å². The maximum atomic E-state index is 10.9. The summed E-state index contributed by atoms with van der Waals surface area (Å²) >= 11 is 1.51. The van der Waals surface area contributed by atoms with Crippen LogP contribution in [-0.2, 0) is 43.1 Å². The van der Waals surface area contributed by atoms with Crippen LogP contribution in [0, 0.1) is 56.0 Å². The molecule has 0 bridgehead atoms. The molecule has 0 saturated carbocycles. The number of azo groups is 2. The minimum Gasteiger partial charge on any atom is -0.562 e. The molecule has 0 atom stereocenters. The van der Waals surface area contributed by atoms with Crippen LogP contribution < -0.4 is 88.7 Å². The van der Waals surface area contributed by atoms with Gasteiger partial charge in [0.2, 0.25) is 5.95 Å². The maximum absolute atomic E-state index is 10.9. The molecule has 0 fully saturated rings. The summed E-state index contributed by atoms with van der Waals surface area (Å²) in [5.74, 6) is -2.63. The van der Waals surface area contributed by atoms with Gasteiger partial charge in [0.15, 0.2) is 11.6 Å². The number of aliphatic hydroxyl groups is 2. The molecule has 6 N–H and O–H groups in total. The van der Waals surface area contributed by atoms with Gasteiger partial charge in [0.1, 0.15) is 75.3 Å². The van der Waals surface area contributed by atoms with Crippen LogP contribution in [0.5, 0.6) is 23.0 Å². The van der Waals surface area contributed by atoms with E-state index in [1.54, 1.807) is 12.1 Å². The normalized spacial score (nSPS) is 13.4. The smallest absolute Gasteiger partial charge is 0.562 e. The number of benzene rings is 2. The van der Waals surface area contributed by atoms with Crippen molar-refractivity contribution in [3.05, 3.63) is 161 Å². The van der Waals surface area contributed by atoms with E-state index in [2.05, 4.69) is 80.5 Å². The molecule has 38 heteroatoms. The predicted octanol–water partition coefficient (Wildman–Crippen LogP) is -0.519. The summed E-state index contributed by atoms with van der Waals surface area (Å²) in [6, 6.07) is 11.0. The summed E-state index contributed by atoms with van der Waals surface area (Å²) in [6.45, 7) is 13.6. The first-order valence-electron chi connectivity index (χ1n) is 19.0. The van der Waals surface area contributed by atoms with Gasteiger partial charge in [-0.15, -0.1) is 10.2 Å². The number of phenolic OH excluding ortho intramolecular Hbond substituents is 4. The number of carbonyl (C=O) groups is 2. The number of nitrogens with zero attached hydrogens (tertiary/aromatic N) is 20. The number of aromatic nitrogens is 6. The third kappa shape index (κ3) is 20.0. The number of aromatic hydroxyl groups is 4. The van der Waals surface area contributed by atoms with Gasteiger partial charge in [-0.25, -0.2) is 11.7 Å². The molecule has 8 rings (SSSR count). The van der Waals surface area contributed by atoms with Gasteiger partial charge in [-0.3, -0.25) is 55.1 Å². The Morgan fingerprint density at radius 1 is 0.628 bits per heavy atom. The molecule has 0 saturated heterocycles. The Hall–Kier alpha value is -8.87. The third-order valence-corrected chi connectivity index (χ3v) is 9.46. The zero-order valence-electron chi connectivity index (χ0n) is 38.6. The van der Waals surface area contributed by atoms with Crippen LogP contribution in [-0.4, -0.2) is 73.4 Å².